The Morgan fingerprint density at radius 1 is 0.500 bits per heavy atom. The minimum Gasteiger partial charge on any atom is -0.399 e. The molecule has 5 rings (SSSR count). The first-order valence-electron chi connectivity index (χ1n) is 13.0. The van der Waals surface area contributed by atoms with E-state index in [0.717, 1.165) is 27.4 Å². The fourth-order valence-electron chi connectivity index (χ4n) is 4.72. The van der Waals surface area contributed by atoms with Crippen molar-refractivity contribution in [2.24, 2.45) is 0 Å². The van der Waals surface area contributed by atoms with Crippen LogP contribution in [-0.2, 0) is 27.9 Å². The SMILES string of the molecule is CC1(C)OB(c2cc3c(B4OC(C)(C)C(C)(C)O4)ccc(B4OC(C)(C)C(C)(C)O4)c3[nH]2)OC1(C)C. The van der Waals surface area contributed by atoms with Gasteiger partial charge in [-0.25, -0.2) is 0 Å². The topological polar surface area (TPSA) is 71.2 Å². The maximum atomic E-state index is 6.43. The van der Waals surface area contributed by atoms with Gasteiger partial charge in [0, 0.05) is 16.6 Å². The number of aromatic nitrogens is 1. The van der Waals surface area contributed by atoms with Gasteiger partial charge in [0.15, 0.2) is 0 Å². The molecule has 7 nitrogen and oxygen atoms in total. The second kappa shape index (κ2) is 7.64. The van der Waals surface area contributed by atoms with Crippen molar-refractivity contribution in [3.8, 4) is 0 Å². The summed E-state index contributed by atoms with van der Waals surface area (Å²) in [5, 5.41) is 0.977. The molecule has 0 radical (unpaired) electrons. The summed E-state index contributed by atoms with van der Waals surface area (Å²) < 4.78 is 38.4. The fraction of sp³-hybridized carbons (Fsp3) is 0.692. The van der Waals surface area contributed by atoms with Crippen LogP contribution in [0.25, 0.3) is 10.9 Å². The van der Waals surface area contributed by atoms with Crippen molar-refractivity contribution in [3.63, 3.8) is 0 Å². The standard InChI is InChI=1S/C26H40B3NO6/c1-21(2)22(3,4)32-27(31-21)17-13-14-18(28-33-23(5,6)24(7,8)34-28)20-16(17)15-19(30-20)29-35-25(9,10)26(11,12)36-29/h13-15,30H,1-12H3. The average molecular weight is 495 g/mol. The van der Waals surface area contributed by atoms with Crippen molar-refractivity contribution in [3.05, 3.63) is 18.2 Å². The maximum Gasteiger partial charge on any atom is 0.512 e. The number of H-pyrrole nitrogens is 1. The Kier molecular flexibility index (Phi) is 5.59. The van der Waals surface area contributed by atoms with E-state index in [1.54, 1.807) is 0 Å². The Balaban J connectivity index is 1.62. The molecular weight excluding hydrogens is 455 g/mol. The van der Waals surface area contributed by atoms with Crippen LogP contribution in [0.4, 0.5) is 0 Å². The van der Waals surface area contributed by atoms with E-state index in [0.29, 0.717) is 0 Å². The minimum absolute atomic E-state index is 0.445. The smallest absolute Gasteiger partial charge is 0.399 e. The molecule has 36 heavy (non-hydrogen) atoms. The number of hydrogen-bond acceptors (Lipinski definition) is 6. The largest absolute Gasteiger partial charge is 0.512 e. The van der Waals surface area contributed by atoms with E-state index >= 15 is 0 Å². The lowest BCUT2D eigenvalue weighted by atomic mass is 9.71. The summed E-state index contributed by atoms with van der Waals surface area (Å²) in [6, 6.07) is 6.20. The summed E-state index contributed by atoms with van der Waals surface area (Å²) in [5.41, 5.74) is 0.935. The van der Waals surface area contributed by atoms with Gasteiger partial charge in [-0.15, -0.1) is 0 Å². The number of aromatic amines is 1. The first-order chi connectivity index (χ1) is 16.3. The maximum absolute atomic E-state index is 6.43. The van der Waals surface area contributed by atoms with Crippen LogP contribution in [0.5, 0.6) is 0 Å². The Hall–Kier alpha value is -1.29. The first-order valence-corrected chi connectivity index (χ1v) is 13.0. The van der Waals surface area contributed by atoms with Crippen LogP contribution in [0.1, 0.15) is 83.1 Å². The third-order valence-electron chi connectivity index (χ3n) is 9.40. The second-order valence-electron chi connectivity index (χ2n) is 13.5. The van der Waals surface area contributed by atoms with Gasteiger partial charge in [-0.05, 0) is 100 Å². The summed E-state index contributed by atoms with van der Waals surface area (Å²) in [6.07, 6.45) is 0. The molecule has 1 N–H and O–H groups in total. The number of rotatable bonds is 3. The van der Waals surface area contributed by atoms with Crippen LogP contribution in [0, 0.1) is 0 Å². The summed E-state index contributed by atoms with van der Waals surface area (Å²) in [4.78, 5) is 3.60. The van der Waals surface area contributed by atoms with Crippen molar-refractivity contribution < 1.29 is 27.9 Å². The van der Waals surface area contributed by atoms with Crippen LogP contribution >= 0.6 is 0 Å². The molecular formula is C26H40B3NO6. The monoisotopic (exact) mass is 495 g/mol. The molecule has 0 amide bonds. The predicted molar refractivity (Wildman–Crippen MR) is 145 cm³/mol. The summed E-state index contributed by atoms with van der Waals surface area (Å²) in [7, 11) is -1.55. The van der Waals surface area contributed by atoms with Crippen LogP contribution in [-0.4, -0.2) is 59.9 Å². The minimum atomic E-state index is -0.528. The zero-order valence-electron chi connectivity index (χ0n) is 23.9. The normalized spacial score (nSPS) is 27.4. The average Bonchev–Trinajstić information content (AvgIpc) is 3.35. The van der Waals surface area contributed by atoms with Gasteiger partial charge in [-0.1, -0.05) is 12.1 Å². The van der Waals surface area contributed by atoms with E-state index in [-0.39, 0.29) is 0 Å². The molecule has 0 spiro atoms. The first kappa shape index (κ1) is 26.3. The van der Waals surface area contributed by atoms with Gasteiger partial charge >= 0.3 is 21.4 Å². The molecule has 1 aromatic carbocycles. The highest BCUT2D eigenvalue weighted by atomic mass is 16.7. The molecule has 3 fully saturated rings. The summed E-state index contributed by atoms with van der Waals surface area (Å²) in [5.74, 6) is 0. The highest BCUT2D eigenvalue weighted by Crippen LogP contribution is 2.39. The Morgan fingerprint density at radius 3 is 1.25 bits per heavy atom. The van der Waals surface area contributed by atoms with E-state index in [9.17, 15) is 0 Å². The quantitative estimate of drug-likeness (QED) is 0.661. The molecule has 2 aromatic rings. The van der Waals surface area contributed by atoms with Gasteiger partial charge in [0.1, 0.15) is 0 Å². The molecule has 0 atom stereocenters. The zero-order chi connectivity index (χ0) is 26.7. The van der Waals surface area contributed by atoms with Crippen molar-refractivity contribution in [1.29, 1.82) is 0 Å². The van der Waals surface area contributed by atoms with E-state index in [1.807, 2.05) is 0 Å². The van der Waals surface area contributed by atoms with Crippen molar-refractivity contribution in [2.75, 3.05) is 0 Å². The van der Waals surface area contributed by atoms with Gasteiger partial charge in [0.05, 0.1) is 33.6 Å². The molecule has 4 heterocycles. The zero-order valence-corrected chi connectivity index (χ0v) is 23.9. The van der Waals surface area contributed by atoms with Crippen LogP contribution in [0.15, 0.2) is 18.2 Å². The summed E-state index contributed by atoms with van der Waals surface area (Å²) in [6.45, 7) is 24.7. The number of hydrogen-bond donors (Lipinski definition) is 1. The molecule has 0 aliphatic carbocycles. The third-order valence-corrected chi connectivity index (χ3v) is 9.40. The Morgan fingerprint density at radius 2 is 0.833 bits per heavy atom. The molecule has 0 unspecified atom stereocenters. The van der Waals surface area contributed by atoms with Gasteiger partial charge in [0.25, 0.3) is 0 Å². The van der Waals surface area contributed by atoms with Crippen LogP contribution < -0.4 is 16.5 Å². The predicted octanol–water partition coefficient (Wildman–Crippen LogP) is 3.07. The lowest BCUT2D eigenvalue weighted by molar-refractivity contribution is 0.00578. The number of fused-ring (bicyclic) bond motifs is 1. The van der Waals surface area contributed by atoms with E-state index in [1.165, 1.54) is 0 Å². The molecule has 0 bridgehead atoms. The molecule has 3 saturated heterocycles. The highest BCUT2D eigenvalue weighted by molar-refractivity contribution is 6.70. The lowest BCUT2D eigenvalue weighted by Gasteiger charge is -2.32. The number of nitrogens with one attached hydrogen (secondary N) is 1. The number of benzene rings is 1. The molecule has 3 aliphatic rings. The van der Waals surface area contributed by atoms with Crippen molar-refractivity contribution in [1.82, 2.24) is 4.98 Å². The highest BCUT2D eigenvalue weighted by Gasteiger charge is 2.55. The molecule has 3 aliphatic heterocycles. The molecule has 0 saturated carbocycles. The van der Waals surface area contributed by atoms with Crippen molar-refractivity contribution >= 4 is 48.8 Å². The van der Waals surface area contributed by atoms with Crippen LogP contribution in [0.3, 0.4) is 0 Å². The molecule has 194 valence electrons. The fourth-order valence-corrected chi connectivity index (χ4v) is 4.72. The lowest BCUT2D eigenvalue weighted by Crippen LogP contribution is -2.41. The third kappa shape index (κ3) is 3.83. The Labute approximate surface area is 216 Å². The molecule has 10 heteroatoms. The summed E-state index contributed by atoms with van der Waals surface area (Å²) >= 11 is 0. The van der Waals surface area contributed by atoms with E-state index < -0.39 is 55.0 Å². The van der Waals surface area contributed by atoms with Gasteiger partial charge < -0.3 is 32.9 Å². The van der Waals surface area contributed by atoms with Gasteiger partial charge in [-0.3, -0.25) is 0 Å². The van der Waals surface area contributed by atoms with Gasteiger partial charge in [0.2, 0.25) is 0 Å². The second-order valence-corrected chi connectivity index (χ2v) is 13.5. The Bertz CT molecular complexity index is 1080. The van der Waals surface area contributed by atoms with Crippen LogP contribution in [0.2, 0.25) is 0 Å². The van der Waals surface area contributed by atoms with E-state index in [4.69, 9.17) is 27.9 Å². The van der Waals surface area contributed by atoms with Crippen molar-refractivity contribution in [2.45, 2.75) is 117 Å². The molecule has 1 aromatic heterocycles. The van der Waals surface area contributed by atoms with Gasteiger partial charge in [-0.2, -0.15) is 0 Å². The van der Waals surface area contributed by atoms with E-state index in [2.05, 4.69) is 106 Å².